The minimum Gasteiger partial charge on any atom is -0.348 e. The molecule has 0 saturated carbocycles. The molecule has 2 aliphatic rings. The monoisotopic (exact) mass is 508 g/mol. The van der Waals surface area contributed by atoms with Crippen molar-refractivity contribution < 1.29 is 18.0 Å². The van der Waals surface area contributed by atoms with E-state index in [-0.39, 0.29) is 30.9 Å². The van der Waals surface area contributed by atoms with E-state index in [4.69, 9.17) is 9.97 Å². The van der Waals surface area contributed by atoms with Gasteiger partial charge in [0.15, 0.2) is 5.82 Å². The molecule has 13 heteroatoms. The Morgan fingerprint density at radius 1 is 1.17 bits per heavy atom. The van der Waals surface area contributed by atoms with Crippen LogP contribution in [0, 0.1) is 0 Å². The fraction of sp³-hybridized carbons (Fsp3) is 0.591. The van der Waals surface area contributed by atoms with Crippen molar-refractivity contribution in [2.45, 2.75) is 64.8 Å². The highest BCUT2D eigenvalue weighted by molar-refractivity contribution is 7.18. The van der Waals surface area contributed by atoms with Gasteiger partial charge in [-0.3, -0.25) is 4.79 Å². The number of carbonyl (C=O) groups excluding carboxylic acids is 1. The lowest BCUT2D eigenvalue weighted by Gasteiger charge is -2.39. The van der Waals surface area contributed by atoms with Gasteiger partial charge in [-0.1, -0.05) is 20.3 Å². The number of likely N-dealkylation sites (tertiary alicyclic amines) is 1. The second-order valence-corrected chi connectivity index (χ2v) is 10.1. The van der Waals surface area contributed by atoms with Gasteiger partial charge in [0.25, 0.3) is 0 Å². The number of amides is 1. The summed E-state index contributed by atoms with van der Waals surface area (Å²) >= 11 is 1.61. The summed E-state index contributed by atoms with van der Waals surface area (Å²) in [6.07, 6.45) is -1.25. The standard InChI is InChI=1S/C22H27F3N8OS/c1-3-5-14-9-15-18(31-7-8-33-16(12-31)29-30-20(33)22(23,24)25)27-21(28-19(15)35-14)26-13-10-32(11-13)17(34)6-4-2/h9,13H,3-8,10-12H2,1-2H3,(H,26,27,28). The van der Waals surface area contributed by atoms with Crippen molar-refractivity contribution in [2.75, 3.05) is 29.9 Å². The Hall–Kier alpha value is -2.96. The number of thiophene rings is 1. The first kappa shape index (κ1) is 23.8. The predicted octanol–water partition coefficient (Wildman–Crippen LogP) is 3.70. The number of rotatable bonds is 7. The van der Waals surface area contributed by atoms with E-state index in [0.717, 1.165) is 34.0 Å². The molecule has 9 nitrogen and oxygen atoms in total. The van der Waals surface area contributed by atoms with Crippen LogP contribution in [-0.4, -0.2) is 61.2 Å². The quantitative estimate of drug-likeness (QED) is 0.520. The molecule has 0 spiro atoms. The lowest BCUT2D eigenvalue weighted by atomic mass is 10.1. The maximum atomic E-state index is 13.3. The molecule has 1 saturated heterocycles. The molecule has 35 heavy (non-hydrogen) atoms. The highest BCUT2D eigenvalue weighted by Crippen LogP contribution is 2.35. The van der Waals surface area contributed by atoms with Gasteiger partial charge in [-0.15, -0.1) is 21.5 Å². The van der Waals surface area contributed by atoms with E-state index in [2.05, 4.69) is 28.5 Å². The number of halogens is 3. The summed E-state index contributed by atoms with van der Waals surface area (Å²) in [4.78, 5) is 27.4. The molecule has 0 radical (unpaired) electrons. The largest absolute Gasteiger partial charge is 0.451 e. The number of alkyl halides is 3. The zero-order chi connectivity index (χ0) is 24.7. The second-order valence-electron chi connectivity index (χ2n) is 8.95. The van der Waals surface area contributed by atoms with Crippen molar-refractivity contribution in [3.63, 3.8) is 0 Å². The molecule has 0 aromatic carbocycles. The summed E-state index contributed by atoms with van der Waals surface area (Å²) in [6.45, 7) is 5.95. The maximum absolute atomic E-state index is 13.3. The van der Waals surface area contributed by atoms with E-state index in [0.29, 0.717) is 37.8 Å². The molecule has 0 bridgehead atoms. The van der Waals surface area contributed by atoms with Crippen molar-refractivity contribution in [1.82, 2.24) is 29.6 Å². The lowest BCUT2D eigenvalue weighted by molar-refractivity contribution is -0.147. The number of hydrogen-bond acceptors (Lipinski definition) is 8. The van der Waals surface area contributed by atoms with E-state index < -0.39 is 12.0 Å². The summed E-state index contributed by atoms with van der Waals surface area (Å²) in [7, 11) is 0. The number of aromatic nitrogens is 5. The van der Waals surface area contributed by atoms with Crippen LogP contribution in [0.2, 0.25) is 0 Å². The molecule has 0 aliphatic carbocycles. The average molecular weight is 509 g/mol. The molecule has 5 rings (SSSR count). The fourth-order valence-electron chi connectivity index (χ4n) is 4.51. The number of nitrogens with one attached hydrogen (secondary N) is 1. The molecule has 188 valence electrons. The second kappa shape index (κ2) is 9.25. The van der Waals surface area contributed by atoms with Crippen LogP contribution < -0.4 is 10.2 Å². The number of carbonyl (C=O) groups is 1. The van der Waals surface area contributed by atoms with Crippen molar-refractivity contribution >= 4 is 39.2 Å². The fourth-order valence-corrected chi connectivity index (χ4v) is 5.63. The first-order valence-corrected chi connectivity index (χ1v) is 12.7. The summed E-state index contributed by atoms with van der Waals surface area (Å²) in [5.74, 6) is 0.596. The molecule has 0 unspecified atom stereocenters. The van der Waals surface area contributed by atoms with Crippen LogP contribution in [0.5, 0.6) is 0 Å². The SMILES string of the molecule is CCCC(=O)N1CC(Nc2nc(N3CCn4c(nnc4C(F)(F)F)C3)c3cc(CCC)sc3n2)C1. The van der Waals surface area contributed by atoms with Gasteiger partial charge in [0.05, 0.1) is 18.0 Å². The van der Waals surface area contributed by atoms with Gasteiger partial charge in [0, 0.05) is 37.5 Å². The summed E-state index contributed by atoms with van der Waals surface area (Å²) in [6, 6.07) is 2.15. The first-order valence-electron chi connectivity index (χ1n) is 11.9. The number of aryl methyl sites for hydroxylation is 1. The van der Waals surface area contributed by atoms with E-state index in [1.807, 2.05) is 16.7 Å². The first-order chi connectivity index (χ1) is 16.8. The van der Waals surface area contributed by atoms with Crippen molar-refractivity contribution in [3.05, 3.63) is 22.6 Å². The van der Waals surface area contributed by atoms with Crippen molar-refractivity contribution in [2.24, 2.45) is 0 Å². The highest BCUT2D eigenvalue weighted by atomic mass is 32.1. The number of anilines is 2. The maximum Gasteiger partial charge on any atom is 0.451 e. The van der Waals surface area contributed by atoms with Gasteiger partial charge >= 0.3 is 6.18 Å². The van der Waals surface area contributed by atoms with E-state index in [1.54, 1.807) is 11.3 Å². The van der Waals surface area contributed by atoms with Crippen LogP contribution in [0.3, 0.4) is 0 Å². The van der Waals surface area contributed by atoms with Gasteiger partial charge in [0.1, 0.15) is 10.6 Å². The Labute approximate surface area is 204 Å². The molecular weight excluding hydrogens is 481 g/mol. The molecule has 5 heterocycles. The van der Waals surface area contributed by atoms with Gasteiger partial charge in [0.2, 0.25) is 17.7 Å². The number of hydrogen-bond donors (Lipinski definition) is 1. The third-order valence-electron chi connectivity index (χ3n) is 6.26. The van der Waals surface area contributed by atoms with E-state index in [1.165, 1.54) is 4.88 Å². The zero-order valence-electron chi connectivity index (χ0n) is 19.6. The Kier molecular flexibility index (Phi) is 6.28. The normalized spacial score (nSPS) is 16.5. The summed E-state index contributed by atoms with van der Waals surface area (Å²) < 4.78 is 40.9. The average Bonchev–Trinajstić information content (AvgIpc) is 3.38. The number of fused-ring (bicyclic) bond motifs is 2. The Bertz CT molecular complexity index is 1230. The van der Waals surface area contributed by atoms with Gasteiger partial charge in [-0.25, -0.2) is 4.98 Å². The Balaban J connectivity index is 1.41. The minimum atomic E-state index is -4.54. The molecule has 3 aromatic heterocycles. The number of nitrogens with zero attached hydrogens (tertiary/aromatic N) is 7. The van der Waals surface area contributed by atoms with Gasteiger partial charge < -0.3 is 19.7 Å². The van der Waals surface area contributed by atoms with Crippen molar-refractivity contribution in [1.29, 1.82) is 0 Å². The Morgan fingerprint density at radius 3 is 2.69 bits per heavy atom. The molecule has 1 fully saturated rings. The van der Waals surface area contributed by atoms with Crippen LogP contribution in [0.15, 0.2) is 6.07 Å². The Morgan fingerprint density at radius 2 is 1.97 bits per heavy atom. The van der Waals surface area contributed by atoms with E-state index >= 15 is 0 Å². The summed E-state index contributed by atoms with van der Waals surface area (Å²) in [5.41, 5.74) is 0. The van der Waals surface area contributed by atoms with Crippen LogP contribution in [0.25, 0.3) is 10.2 Å². The molecule has 3 aromatic rings. The third kappa shape index (κ3) is 4.65. The molecule has 1 amide bonds. The lowest BCUT2D eigenvalue weighted by Crippen LogP contribution is -2.57. The highest BCUT2D eigenvalue weighted by Gasteiger charge is 2.40. The molecule has 2 aliphatic heterocycles. The smallest absolute Gasteiger partial charge is 0.348 e. The molecule has 0 atom stereocenters. The van der Waals surface area contributed by atoms with Crippen LogP contribution >= 0.6 is 11.3 Å². The minimum absolute atomic E-state index is 0.0648. The van der Waals surface area contributed by atoms with Gasteiger partial charge in [-0.2, -0.15) is 18.2 Å². The summed E-state index contributed by atoms with van der Waals surface area (Å²) in [5, 5.41) is 11.4. The van der Waals surface area contributed by atoms with Crippen LogP contribution in [0.4, 0.5) is 24.9 Å². The van der Waals surface area contributed by atoms with Crippen LogP contribution in [-0.2, 0) is 30.5 Å². The van der Waals surface area contributed by atoms with Crippen LogP contribution in [0.1, 0.15) is 49.6 Å². The van der Waals surface area contributed by atoms with Crippen molar-refractivity contribution in [3.8, 4) is 0 Å². The third-order valence-corrected chi connectivity index (χ3v) is 7.35. The van der Waals surface area contributed by atoms with Gasteiger partial charge in [-0.05, 0) is 18.9 Å². The zero-order valence-corrected chi connectivity index (χ0v) is 20.4. The molecular formula is C22H27F3N8OS. The topological polar surface area (TPSA) is 92.1 Å². The van der Waals surface area contributed by atoms with E-state index in [9.17, 15) is 18.0 Å². The molecule has 1 N–H and O–H groups in total. The predicted molar refractivity (Wildman–Crippen MR) is 126 cm³/mol.